The fourth-order valence-electron chi connectivity index (χ4n) is 1.53. The molecule has 0 aliphatic heterocycles. The molecule has 1 N–H and O–H groups in total. The zero-order chi connectivity index (χ0) is 14.7. The normalized spacial score (nSPS) is 11.7. The number of amides is 1. The van der Waals surface area contributed by atoms with E-state index in [0.29, 0.717) is 5.56 Å². The van der Waals surface area contributed by atoms with Crippen molar-refractivity contribution in [2.45, 2.75) is 19.9 Å². The summed E-state index contributed by atoms with van der Waals surface area (Å²) in [5.74, 6) is -1.60. The highest BCUT2D eigenvalue weighted by Gasteiger charge is 2.24. The van der Waals surface area contributed by atoms with Gasteiger partial charge >= 0.3 is 5.97 Å². The fraction of sp³-hybridized carbons (Fsp3) is 0.333. The molecule has 0 saturated heterocycles. The Morgan fingerprint density at radius 3 is 2.42 bits per heavy atom. The number of nitro groups is 1. The summed E-state index contributed by atoms with van der Waals surface area (Å²) in [7, 11) is 1.38. The van der Waals surface area contributed by atoms with Gasteiger partial charge in [0.1, 0.15) is 6.04 Å². The van der Waals surface area contributed by atoms with E-state index in [0.717, 1.165) is 4.90 Å². The predicted molar refractivity (Wildman–Crippen MR) is 67.0 cm³/mol. The van der Waals surface area contributed by atoms with Gasteiger partial charge in [0.15, 0.2) is 0 Å². The minimum absolute atomic E-state index is 0.108. The van der Waals surface area contributed by atoms with Crippen LogP contribution in [0.3, 0.4) is 0 Å². The van der Waals surface area contributed by atoms with E-state index in [2.05, 4.69) is 0 Å². The van der Waals surface area contributed by atoms with E-state index in [9.17, 15) is 19.7 Å². The molecule has 7 heteroatoms. The zero-order valence-corrected chi connectivity index (χ0v) is 10.8. The van der Waals surface area contributed by atoms with E-state index in [4.69, 9.17) is 5.11 Å². The van der Waals surface area contributed by atoms with Crippen molar-refractivity contribution in [3.05, 3.63) is 39.4 Å². The van der Waals surface area contributed by atoms with E-state index >= 15 is 0 Å². The van der Waals surface area contributed by atoms with Gasteiger partial charge in [-0.15, -0.1) is 0 Å². The van der Waals surface area contributed by atoms with Gasteiger partial charge < -0.3 is 10.0 Å². The van der Waals surface area contributed by atoms with E-state index in [1.807, 2.05) is 0 Å². The Kier molecular flexibility index (Phi) is 4.21. The van der Waals surface area contributed by atoms with Gasteiger partial charge in [0.05, 0.1) is 4.92 Å². The molecule has 1 aromatic rings. The number of hydrogen-bond donors (Lipinski definition) is 1. The Hall–Kier alpha value is -2.44. The molecule has 19 heavy (non-hydrogen) atoms. The molecule has 1 unspecified atom stereocenters. The number of carbonyl (C=O) groups excluding carboxylic acids is 1. The summed E-state index contributed by atoms with van der Waals surface area (Å²) < 4.78 is 0. The predicted octanol–water partition coefficient (Wildman–Crippen LogP) is 1.45. The van der Waals surface area contributed by atoms with Crippen LogP contribution in [-0.4, -0.2) is 39.9 Å². The number of aryl methyl sites for hydroxylation is 1. The lowest BCUT2D eigenvalue weighted by Gasteiger charge is -2.22. The third-order valence-corrected chi connectivity index (χ3v) is 2.91. The van der Waals surface area contributed by atoms with Crippen molar-refractivity contribution in [1.29, 1.82) is 0 Å². The largest absolute Gasteiger partial charge is 0.480 e. The van der Waals surface area contributed by atoms with Crippen LogP contribution < -0.4 is 0 Å². The first-order chi connectivity index (χ1) is 8.75. The van der Waals surface area contributed by atoms with Gasteiger partial charge in [-0.1, -0.05) is 0 Å². The van der Waals surface area contributed by atoms with Gasteiger partial charge in [-0.25, -0.2) is 4.79 Å². The van der Waals surface area contributed by atoms with Crippen LogP contribution >= 0.6 is 0 Å². The zero-order valence-electron chi connectivity index (χ0n) is 10.8. The first-order valence-electron chi connectivity index (χ1n) is 5.50. The Morgan fingerprint density at radius 2 is 2.00 bits per heavy atom. The van der Waals surface area contributed by atoms with E-state index in [1.165, 1.54) is 32.2 Å². The lowest BCUT2D eigenvalue weighted by Crippen LogP contribution is -2.40. The summed E-state index contributed by atoms with van der Waals surface area (Å²) in [5, 5.41) is 19.4. The minimum Gasteiger partial charge on any atom is -0.480 e. The van der Waals surface area contributed by atoms with Crippen LogP contribution in [0.15, 0.2) is 18.2 Å². The number of rotatable bonds is 4. The molecule has 1 rings (SSSR count). The molecule has 0 saturated carbocycles. The highest BCUT2D eigenvalue weighted by atomic mass is 16.6. The van der Waals surface area contributed by atoms with Crippen molar-refractivity contribution >= 4 is 17.6 Å². The topological polar surface area (TPSA) is 101 Å². The molecule has 102 valence electrons. The van der Waals surface area contributed by atoms with Crippen LogP contribution in [-0.2, 0) is 4.79 Å². The van der Waals surface area contributed by atoms with Crippen LogP contribution in [0.4, 0.5) is 5.69 Å². The first-order valence-corrected chi connectivity index (χ1v) is 5.50. The molecular formula is C12H14N2O5. The summed E-state index contributed by atoms with van der Waals surface area (Å²) in [6.45, 7) is 2.96. The van der Waals surface area contributed by atoms with Crippen LogP contribution in [0.1, 0.15) is 22.8 Å². The molecule has 0 bridgehead atoms. The second-order valence-electron chi connectivity index (χ2n) is 4.19. The Morgan fingerprint density at radius 1 is 1.42 bits per heavy atom. The lowest BCUT2D eigenvalue weighted by atomic mass is 10.1. The number of likely N-dealkylation sites (N-methyl/N-ethyl adjacent to an activating group) is 1. The summed E-state index contributed by atoms with van der Waals surface area (Å²) in [4.78, 5) is 34.0. The van der Waals surface area contributed by atoms with E-state index in [-0.39, 0.29) is 11.3 Å². The smallest absolute Gasteiger partial charge is 0.326 e. The molecule has 0 heterocycles. The molecule has 0 aliphatic rings. The van der Waals surface area contributed by atoms with Crippen molar-refractivity contribution in [2.75, 3.05) is 7.05 Å². The quantitative estimate of drug-likeness (QED) is 0.656. The summed E-state index contributed by atoms with van der Waals surface area (Å²) in [6, 6.07) is 2.87. The number of hydrogen-bond acceptors (Lipinski definition) is 4. The van der Waals surface area contributed by atoms with Gasteiger partial charge in [-0.2, -0.15) is 0 Å². The number of carboxylic acid groups (broad SMARTS) is 1. The summed E-state index contributed by atoms with van der Waals surface area (Å²) >= 11 is 0. The highest BCUT2D eigenvalue weighted by Crippen LogP contribution is 2.19. The van der Waals surface area contributed by atoms with Crippen molar-refractivity contribution in [3.8, 4) is 0 Å². The maximum Gasteiger partial charge on any atom is 0.326 e. The van der Waals surface area contributed by atoms with Crippen LogP contribution in [0, 0.1) is 17.0 Å². The van der Waals surface area contributed by atoms with Gasteiger partial charge in [-0.3, -0.25) is 14.9 Å². The van der Waals surface area contributed by atoms with Gasteiger partial charge in [-0.05, 0) is 25.5 Å². The second kappa shape index (κ2) is 5.47. The standard InChI is InChI=1S/C12H14N2O5/c1-7-6-9(14(18)19)4-5-10(7)11(15)13(3)8(2)12(16)17/h4-6,8H,1-3H3,(H,16,17). The third-order valence-electron chi connectivity index (χ3n) is 2.91. The second-order valence-corrected chi connectivity index (χ2v) is 4.19. The molecule has 0 fully saturated rings. The fourth-order valence-corrected chi connectivity index (χ4v) is 1.53. The van der Waals surface area contributed by atoms with Crippen molar-refractivity contribution in [3.63, 3.8) is 0 Å². The van der Waals surface area contributed by atoms with Crippen LogP contribution in [0.5, 0.6) is 0 Å². The third kappa shape index (κ3) is 3.06. The average molecular weight is 266 g/mol. The molecule has 0 aliphatic carbocycles. The number of nitrogens with zero attached hydrogens (tertiary/aromatic N) is 2. The monoisotopic (exact) mass is 266 g/mol. The Bertz CT molecular complexity index is 541. The van der Waals surface area contributed by atoms with Crippen LogP contribution in [0.25, 0.3) is 0 Å². The van der Waals surface area contributed by atoms with Crippen molar-refractivity contribution < 1.29 is 19.6 Å². The molecule has 0 spiro atoms. The van der Waals surface area contributed by atoms with Crippen LogP contribution in [0.2, 0.25) is 0 Å². The van der Waals surface area contributed by atoms with Gasteiger partial charge in [0, 0.05) is 24.7 Å². The number of benzene rings is 1. The van der Waals surface area contributed by atoms with Gasteiger partial charge in [0.25, 0.3) is 11.6 Å². The number of non-ortho nitro benzene ring substituents is 1. The summed E-state index contributed by atoms with van der Waals surface area (Å²) in [5.41, 5.74) is 0.577. The Balaban J connectivity index is 3.07. The molecule has 7 nitrogen and oxygen atoms in total. The average Bonchev–Trinajstić information content (AvgIpc) is 2.35. The molecular weight excluding hydrogens is 252 g/mol. The Labute approximate surface area is 109 Å². The maximum absolute atomic E-state index is 12.1. The van der Waals surface area contributed by atoms with Gasteiger partial charge in [0.2, 0.25) is 0 Å². The lowest BCUT2D eigenvalue weighted by molar-refractivity contribution is -0.384. The molecule has 0 radical (unpaired) electrons. The molecule has 1 aromatic carbocycles. The molecule has 0 aromatic heterocycles. The number of nitro benzene ring substituents is 1. The number of carbonyl (C=O) groups is 2. The van der Waals surface area contributed by atoms with E-state index < -0.39 is 22.8 Å². The summed E-state index contributed by atoms with van der Waals surface area (Å²) in [6.07, 6.45) is 0. The number of carboxylic acids is 1. The first kappa shape index (κ1) is 14.6. The van der Waals surface area contributed by atoms with E-state index in [1.54, 1.807) is 6.92 Å². The minimum atomic E-state index is -1.12. The number of aliphatic carboxylic acids is 1. The van der Waals surface area contributed by atoms with Crippen molar-refractivity contribution in [2.24, 2.45) is 0 Å². The maximum atomic E-state index is 12.1. The van der Waals surface area contributed by atoms with Crippen molar-refractivity contribution in [1.82, 2.24) is 4.90 Å². The highest BCUT2D eigenvalue weighted by molar-refractivity contribution is 5.97. The molecule has 1 amide bonds. The molecule has 1 atom stereocenters. The SMILES string of the molecule is Cc1cc([N+](=O)[O-])ccc1C(=O)N(C)C(C)C(=O)O.